The van der Waals surface area contributed by atoms with Crippen molar-refractivity contribution in [3.63, 3.8) is 0 Å². The average molecular weight is 179 g/mol. The van der Waals surface area contributed by atoms with Gasteiger partial charge in [0.1, 0.15) is 5.82 Å². The molecule has 1 N–H and O–H groups in total. The molecular weight excluding hydrogens is 162 g/mol. The van der Waals surface area contributed by atoms with Crippen molar-refractivity contribution in [2.24, 2.45) is 0 Å². The molecule has 3 nitrogen and oxygen atoms in total. The van der Waals surface area contributed by atoms with Crippen LogP contribution in [0.2, 0.25) is 0 Å². The summed E-state index contributed by atoms with van der Waals surface area (Å²) < 4.78 is 0. The van der Waals surface area contributed by atoms with Crippen LogP contribution in [-0.4, -0.2) is 16.7 Å². The van der Waals surface area contributed by atoms with Gasteiger partial charge in [0.15, 0.2) is 0 Å². The summed E-state index contributed by atoms with van der Waals surface area (Å²) in [7, 11) is 0. The minimum atomic E-state index is 0.874. The average Bonchev–Trinajstić information content (AvgIpc) is 2.19. The standard InChI is InChI=1S/C10H17N3/c1-2-3-4-5-8-11-10-7-6-9-12-13-10/h6-7,9H,2-5,8H2,1H3,(H,11,13). The Labute approximate surface area is 79.6 Å². The van der Waals surface area contributed by atoms with Crippen molar-refractivity contribution in [1.29, 1.82) is 0 Å². The van der Waals surface area contributed by atoms with Crippen molar-refractivity contribution in [3.05, 3.63) is 18.3 Å². The number of nitrogens with zero attached hydrogens (tertiary/aromatic N) is 2. The predicted octanol–water partition coefficient (Wildman–Crippen LogP) is 2.47. The third-order valence-electron chi connectivity index (χ3n) is 1.91. The number of anilines is 1. The van der Waals surface area contributed by atoms with Crippen molar-refractivity contribution in [3.8, 4) is 0 Å². The third kappa shape index (κ3) is 4.45. The van der Waals surface area contributed by atoms with Crippen LogP contribution in [0.1, 0.15) is 32.6 Å². The Hall–Kier alpha value is -1.12. The Morgan fingerprint density at radius 1 is 1.31 bits per heavy atom. The lowest BCUT2D eigenvalue weighted by molar-refractivity contribution is 0.684. The number of aromatic nitrogens is 2. The highest BCUT2D eigenvalue weighted by Gasteiger charge is 1.91. The molecule has 0 radical (unpaired) electrons. The molecular formula is C10H17N3. The van der Waals surface area contributed by atoms with Crippen molar-refractivity contribution >= 4 is 5.82 Å². The van der Waals surface area contributed by atoms with Gasteiger partial charge in [-0.1, -0.05) is 26.2 Å². The van der Waals surface area contributed by atoms with E-state index in [9.17, 15) is 0 Å². The summed E-state index contributed by atoms with van der Waals surface area (Å²) in [5.41, 5.74) is 0. The number of unbranched alkanes of at least 4 members (excludes halogenated alkanes) is 3. The Bertz CT molecular complexity index is 211. The van der Waals surface area contributed by atoms with Gasteiger partial charge >= 0.3 is 0 Å². The third-order valence-corrected chi connectivity index (χ3v) is 1.91. The zero-order chi connectivity index (χ0) is 9.36. The second-order valence-corrected chi connectivity index (χ2v) is 3.10. The van der Waals surface area contributed by atoms with E-state index in [2.05, 4.69) is 22.4 Å². The molecule has 0 amide bonds. The topological polar surface area (TPSA) is 37.8 Å². The molecule has 0 aliphatic carbocycles. The molecule has 13 heavy (non-hydrogen) atoms. The van der Waals surface area contributed by atoms with E-state index in [1.54, 1.807) is 6.20 Å². The highest BCUT2D eigenvalue weighted by atomic mass is 15.2. The van der Waals surface area contributed by atoms with Crippen LogP contribution in [0.5, 0.6) is 0 Å². The summed E-state index contributed by atoms with van der Waals surface area (Å²) in [4.78, 5) is 0. The molecule has 0 aliphatic rings. The molecule has 1 heterocycles. The van der Waals surface area contributed by atoms with Gasteiger partial charge in [0, 0.05) is 12.7 Å². The van der Waals surface area contributed by atoms with Crippen LogP contribution in [-0.2, 0) is 0 Å². The van der Waals surface area contributed by atoms with Crippen molar-refractivity contribution in [2.75, 3.05) is 11.9 Å². The van der Waals surface area contributed by atoms with E-state index in [0.29, 0.717) is 0 Å². The van der Waals surface area contributed by atoms with Gasteiger partial charge in [0.2, 0.25) is 0 Å². The van der Waals surface area contributed by atoms with Crippen LogP contribution in [0.3, 0.4) is 0 Å². The lowest BCUT2D eigenvalue weighted by atomic mass is 10.2. The zero-order valence-electron chi connectivity index (χ0n) is 8.16. The van der Waals surface area contributed by atoms with Gasteiger partial charge in [-0.15, -0.1) is 5.10 Å². The van der Waals surface area contributed by atoms with Crippen LogP contribution in [0, 0.1) is 0 Å². The molecule has 0 unspecified atom stereocenters. The fraction of sp³-hybridized carbons (Fsp3) is 0.600. The first-order chi connectivity index (χ1) is 6.43. The molecule has 0 saturated carbocycles. The van der Waals surface area contributed by atoms with Crippen LogP contribution in [0.15, 0.2) is 18.3 Å². The molecule has 0 bridgehead atoms. The number of hydrogen-bond donors (Lipinski definition) is 1. The van der Waals surface area contributed by atoms with E-state index in [1.807, 2.05) is 12.1 Å². The quantitative estimate of drug-likeness (QED) is 0.682. The van der Waals surface area contributed by atoms with E-state index in [0.717, 1.165) is 12.4 Å². The summed E-state index contributed by atoms with van der Waals surface area (Å²) in [5, 5.41) is 11.0. The van der Waals surface area contributed by atoms with E-state index in [4.69, 9.17) is 0 Å². The number of hydrogen-bond acceptors (Lipinski definition) is 3. The van der Waals surface area contributed by atoms with Crippen molar-refractivity contribution in [2.45, 2.75) is 32.6 Å². The van der Waals surface area contributed by atoms with Gasteiger partial charge in [-0.3, -0.25) is 0 Å². The molecule has 3 heteroatoms. The van der Waals surface area contributed by atoms with Crippen molar-refractivity contribution in [1.82, 2.24) is 10.2 Å². The van der Waals surface area contributed by atoms with E-state index in [1.165, 1.54) is 25.7 Å². The summed E-state index contributed by atoms with van der Waals surface area (Å²) in [6.07, 6.45) is 6.80. The monoisotopic (exact) mass is 179 g/mol. The molecule has 0 aromatic carbocycles. The lowest BCUT2D eigenvalue weighted by Gasteiger charge is -2.02. The SMILES string of the molecule is CCCCCCNc1cccnn1. The molecule has 0 atom stereocenters. The second-order valence-electron chi connectivity index (χ2n) is 3.10. The normalized spacial score (nSPS) is 9.92. The molecule has 0 saturated heterocycles. The van der Waals surface area contributed by atoms with Gasteiger partial charge in [-0.2, -0.15) is 5.10 Å². The van der Waals surface area contributed by atoms with Gasteiger partial charge in [-0.25, -0.2) is 0 Å². The highest BCUT2D eigenvalue weighted by Crippen LogP contribution is 2.01. The van der Waals surface area contributed by atoms with Gasteiger partial charge in [-0.05, 0) is 18.6 Å². The van der Waals surface area contributed by atoms with Gasteiger partial charge < -0.3 is 5.32 Å². The maximum Gasteiger partial charge on any atom is 0.148 e. The second kappa shape index (κ2) is 6.40. The Morgan fingerprint density at radius 3 is 2.92 bits per heavy atom. The smallest absolute Gasteiger partial charge is 0.148 e. The predicted molar refractivity (Wildman–Crippen MR) is 54.7 cm³/mol. The molecule has 1 aromatic heterocycles. The first kappa shape index (κ1) is 9.96. The zero-order valence-corrected chi connectivity index (χ0v) is 8.16. The fourth-order valence-electron chi connectivity index (χ4n) is 1.16. The summed E-state index contributed by atoms with van der Waals surface area (Å²) in [5.74, 6) is 0.874. The van der Waals surface area contributed by atoms with Crippen LogP contribution in [0.25, 0.3) is 0 Å². The van der Waals surface area contributed by atoms with Gasteiger partial charge in [0.25, 0.3) is 0 Å². The molecule has 1 aromatic rings. The maximum absolute atomic E-state index is 3.94. The molecule has 0 aliphatic heterocycles. The summed E-state index contributed by atoms with van der Waals surface area (Å²) in [6, 6.07) is 3.83. The van der Waals surface area contributed by atoms with E-state index < -0.39 is 0 Å². The van der Waals surface area contributed by atoms with E-state index in [-0.39, 0.29) is 0 Å². The molecule has 1 rings (SSSR count). The molecule has 0 spiro atoms. The first-order valence-electron chi connectivity index (χ1n) is 4.95. The Balaban J connectivity index is 2.07. The number of rotatable bonds is 6. The fourth-order valence-corrected chi connectivity index (χ4v) is 1.16. The summed E-state index contributed by atoms with van der Waals surface area (Å²) >= 11 is 0. The van der Waals surface area contributed by atoms with Gasteiger partial charge in [0.05, 0.1) is 0 Å². The minimum Gasteiger partial charge on any atom is -0.369 e. The minimum absolute atomic E-state index is 0.874. The maximum atomic E-state index is 3.94. The van der Waals surface area contributed by atoms with Crippen LogP contribution in [0.4, 0.5) is 5.82 Å². The Morgan fingerprint density at radius 2 is 2.23 bits per heavy atom. The van der Waals surface area contributed by atoms with Crippen LogP contribution >= 0.6 is 0 Å². The van der Waals surface area contributed by atoms with Crippen LogP contribution < -0.4 is 5.32 Å². The molecule has 72 valence electrons. The highest BCUT2D eigenvalue weighted by molar-refractivity contribution is 5.30. The lowest BCUT2D eigenvalue weighted by Crippen LogP contribution is -2.03. The Kier molecular flexibility index (Phi) is 4.91. The summed E-state index contributed by atoms with van der Waals surface area (Å²) in [6.45, 7) is 3.22. The van der Waals surface area contributed by atoms with E-state index >= 15 is 0 Å². The molecule has 0 fully saturated rings. The largest absolute Gasteiger partial charge is 0.369 e. The first-order valence-corrected chi connectivity index (χ1v) is 4.95. The van der Waals surface area contributed by atoms with Crippen molar-refractivity contribution < 1.29 is 0 Å². The number of nitrogens with one attached hydrogen (secondary N) is 1.